The van der Waals surface area contributed by atoms with Gasteiger partial charge in [-0.2, -0.15) is 8.42 Å². The van der Waals surface area contributed by atoms with Gasteiger partial charge in [0.1, 0.15) is 5.75 Å². The molecule has 90 valence electrons. The maximum atomic E-state index is 12.0. The van der Waals surface area contributed by atoms with E-state index in [9.17, 15) is 8.42 Å². The van der Waals surface area contributed by atoms with E-state index in [1.165, 1.54) is 11.3 Å². The Labute approximate surface area is 105 Å². The van der Waals surface area contributed by atoms with Crippen LogP contribution in [0.5, 0.6) is 5.75 Å². The Hall–Kier alpha value is -1.33. The van der Waals surface area contributed by atoms with Gasteiger partial charge in [0.25, 0.3) is 0 Å². The van der Waals surface area contributed by atoms with Crippen LogP contribution >= 0.6 is 11.3 Å². The highest BCUT2D eigenvalue weighted by Crippen LogP contribution is 2.26. The smallest absolute Gasteiger partial charge is 0.348 e. The van der Waals surface area contributed by atoms with Crippen molar-refractivity contribution in [1.29, 1.82) is 0 Å². The number of rotatable bonds is 3. The third kappa shape index (κ3) is 2.68. The summed E-state index contributed by atoms with van der Waals surface area (Å²) >= 11 is 1.21. The fourth-order valence-corrected chi connectivity index (χ4v) is 3.59. The summed E-state index contributed by atoms with van der Waals surface area (Å²) < 4.78 is 29.3. The van der Waals surface area contributed by atoms with Crippen LogP contribution in [0.1, 0.15) is 10.4 Å². The lowest BCUT2D eigenvalue weighted by Crippen LogP contribution is -2.08. The SMILES string of the molecule is Cc1ccc(S(=O)(=O)Oc2ccccc2C)s1. The lowest BCUT2D eigenvalue weighted by atomic mass is 10.2. The fourth-order valence-electron chi connectivity index (χ4n) is 1.36. The van der Waals surface area contributed by atoms with Gasteiger partial charge in [-0.05, 0) is 37.6 Å². The normalized spacial score (nSPS) is 11.4. The second-order valence-electron chi connectivity index (χ2n) is 3.67. The van der Waals surface area contributed by atoms with E-state index in [0.717, 1.165) is 10.4 Å². The van der Waals surface area contributed by atoms with Crippen LogP contribution in [0.15, 0.2) is 40.6 Å². The van der Waals surface area contributed by atoms with Crippen molar-refractivity contribution < 1.29 is 12.6 Å². The molecule has 5 heteroatoms. The number of thiophene rings is 1. The highest BCUT2D eigenvalue weighted by Gasteiger charge is 2.19. The molecule has 0 aliphatic heterocycles. The lowest BCUT2D eigenvalue weighted by Gasteiger charge is -2.07. The predicted octanol–water partition coefficient (Wildman–Crippen LogP) is 3.13. The first kappa shape index (κ1) is 12.1. The van der Waals surface area contributed by atoms with Crippen molar-refractivity contribution in [2.45, 2.75) is 18.1 Å². The Morgan fingerprint density at radius 3 is 2.35 bits per heavy atom. The van der Waals surface area contributed by atoms with Crippen molar-refractivity contribution in [2.24, 2.45) is 0 Å². The van der Waals surface area contributed by atoms with Crippen LogP contribution in [0.3, 0.4) is 0 Å². The third-order valence-electron chi connectivity index (χ3n) is 2.26. The lowest BCUT2D eigenvalue weighted by molar-refractivity contribution is 0.486. The van der Waals surface area contributed by atoms with Crippen LogP contribution in [0.4, 0.5) is 0 Å². The Morgan fingerprint density at radius 1 is 1.06 bits per heavy atom. The highest BCUT2D eigenvalue weighted by atomic mass is 32.3. The standard InChI is InChI=1S/C12H12O3S2/c1-9-5-3-4-6-11(9)15-17(13,14)12-8-7-10(2)16-12/h3-8H,1-2H3. The molecule has 0 fully saturated rings. The van der Waals surface area contributed by atoms with E-state index in [4.69, 9.17) is 4.18 Å². The topological polar surface area (TPSA) is 43.4 Å². The van der Waals surface area contributed by atoms with E-state index in [-0.39, 0.29) is 4.21 Å². The molecule has 0 aliphatic rings. The number of hydrogen-bond donors (Lipinski definition) is 0. The van der Waals surface area contributed by atoms with Gasteiger partial charge >= 0.3 is 10.1 Å². The van der Waals surface area contributed by atoms with E-state index >= 15 is 0 Å². The summed E-state index contributed by atoms with van der Waals surface area (Å²) in [4.78, 5) is 0.942. The van der Waals surface area contributed by atoms with E-state index in [1.807, 2.05) is 26.0 Å². The molecule has 1 aromatic carbocycles. The van der Waals surface area contributed by atoms with Crippen molar-refractivity contribution in [3.8, 4) is 5.75 Å². The largest absolute Gasteiger partial charge is 0.378 e. The van der Waals surface area contributed by atoms with Crippen LogP contribution in [0, 0.1) is 13.8 Å². The molecule has 0 radical (unpaired) electrons. The Balaban J connectivity index is 2.33. The molecule has 3 nitrogen and oxygen atoms in total. The highest BCUT2D eigenvalue weighted by molar-refractivity contribution is 7.89. The van der Waals surface area contributed by atoms with Crippen molar-refractivity contribution in [3.05, 3.63) is 46.8 Å². The average Bonchev–Trinajstić information content (AvgIpc) is 2.69. The van der Waals surface area contributed by atoms with Crippen molar-refractivity contribution in [1.82, 2.24) is 0 Å². The molecule has 17 heavy (non-hydrogen) atoms. The predicted molar refractivity (Wildman–Crippen MR) is 68.0 cm³/mol. The summed E-state index contributed by atoms with van der Waals surface area (Å²) in [5, 5.41) is 0. The van der Waals surface area contributed by atoms with Gasteiger partial charge < -0.3 is 4.18 Å². The molecule has 2 aromatic rings. The van der Waals surface area contributed by atoms with Gasteiger partial charge in [-0.15, -0.1) is 11.3 Å². The van der Waals surface area contributed by atoms with Crippen molar-refractivity contribution in [2.75, 3.05) is 0 Å². The number of aryl methyl sites for hydroxylation is 2. The van der Waals surface area contributed by atoms with E-state index in [2.05, 4.69) is 0 Å². The van der Waals surface area contributed by atoms with Gasteiger partial charge in [0, 0.05) is 4.88 Å². The summed E-state index contributed by atoms with van der Waals surface area (Å²) in [6.07, 6.45) is 0. The number of hydrogen-bond acceptors (Lipinski definition) is 4. The molecular formula is C12H12O3S2. The van der Waals surface area contributed by atoms with E-state index in [1.54, 1.807) is 24.3 Å². The van der Waals surface area contributed by atoms with Crippen molar-refractivity contribution in [3.63, 3.8) is 0 Å². The molecule has 1 heterocycles. The Bertz CT molecular complexity index is 627. The minimum atomic E-state index is -3.70. The zero-order valence-corrected chi connectivity index (χ0v) is 11.1. The molecule has 0 spiro atoms. The van der Waals surface area contributed by atoms with Crippen LogP contribution < -0.4 is 4.18 Å². The zero-order valence-electron chi connectivity index (χ0n) is 9.51. The Morgan fingerprint density at radius 2 is 1.76 bits per heavy atom. The second-order valence-corrected chi connectivity index (χ2v) is 6.73. The molecule has 0 aliphatic carbocycles. The van der Waals surface area contributed by atoms with Crippen LogP contribution in [0.2, 0.25) is 0 Å². The summed E-state index contributed by atoms with van der Waals surface area (Å²) in [6.45, 7) is 3.67. The minimum Gasteiger partial charge on any atom is -0.378 e. The number of benzene rings is 1. The van der Waals surface area contributed by atoms with Gasteiger partial charge in [-0.25, -0.2) is 0 Å². The molecule has 1 aromatic heterocycles. The molecule has 0 bridgehead atoms. The van der Waals surface area contributed by atoms with Gasteiger partial charge in [-0.3, -0.25) is 0 Å². The maximum absolute atomic E-state index is 12.0. The van der Waals surface area contributed by atoms with Gasteiger partial charge in [0.05, 0.1) is 0 Å². The summed E-state index contributed by atoms with van der Waals surface area (Å²) in [5.74, 6) is 0.374. The maximum Gasteiger partial charge on any atom is 0.348 e. The first-order valence-electron chi connectivity index (χ1n) is 5.05. The molecule has 0 atom stereocenters. The van der Waals surface area contributed by atoms with Crippen molar-refractivity contribution >= 4 is 21.5 Å². The Kier molecular flexibility index (Phi) is 3.22. The summed E-state index contributed by atoms with van der Waals surface area (Å²) in [7, 11) is -3.70. The molecule has 2 rings (SSSR count). The molecule has 0 saturated carbocycles. The molecule has 0 unspecified atom stereocenters. The van der Waals surface area contributed by atoms with Gasteiger partial charge in [-0.1, -0.05) is 18.2 Å². The van der Waals surface area contributed by atoms with Gasteiger partial charge in [0.15, 0.2) is 4.21 Å². The first-order valence-corrected chi connectivity index (χ1v) is 7.28. The van der Waals surface area contributed by atoms with Crippen LogP contribution in [-0.4, -0.2) is 8.42 Å². The molecule has 0 N–H and O–H groups in total. The van der Waals surface area contributed by atoms with E-state index < -0.39 is 10.1 Å². The summed E-state index contributed by atoms with van der Waals surface area (Å²) in [6, 6.07) is 10.4. The molecule has 0 amide bonds. The molecular weight excluding hydrogens is 256 g/mol. The monoisotopic (exact) mass is 268 g/mol. The third-order valence-corrected chi connectivity index (χ3v) is 4.94. The fraction of sp³-hybridized carbons (Fsp3) is 0.167. The molecule has 0 saturated heterocycles. The zero-order chi connectivity index (χ0) is 12.5. The number of para-hydroxylation sites is 1. The summed E-state index contributed by atoms with van der Waals surface area (Å²) in [5.41, 5.74) is 0.796. The quantitative estimate of drug-likeness (QED) is 0.803. The van der Waals surface area contributed by atoms with Crippen LogP contribution in [-0.2, 0) is 10.1 Å². The van der Waals surface area contributed by atoms with E-state index in [0.29, 0.717) is 5.75 Å². The minimum absolute atomic E-state index is 0.234. The van der Waals surface area contributed by atoms with Gasteiger partial charge in [0.2, 0.25) is 0 Å². The second kappa shape index (κ2) is 4.50. The first-order chi connectivity index (χ1) is 7.99. The van der Waals surface area contributed by atoms with Crippen LogP contribution in [0.25, 0.3) is 0 Å². The average molecular weight is 268 g/mol.